The summed E-state index contributed by atoms with van der Waals surface area (Å²) in [6, 6.07) is 0. The molecular formula is C12H18N4O3. The SMILES string of the molecule is Cc1c([N+](=O)[O-])c(C(=O)N2CCCC(C)C2)nn1C. The van der Waals surface area contributed by atoms with Crippen LogP contribution in [0, 0.1) is 23.0 Å². The van der Waals surface area contributed by atoms with Crippen molar-refractivity contribution < 1.29 is 9.72 Å². The second kappa shape index (κ2) is 4.99. The van der Waals surface area contributed by atoms with Crippen molar-refractivity contribution in [1.29, 1.82) is 0 Å². The molecule has 1 aliphatic heterocycles. The first-order valence-electron chi connectivity index (χ1n) is 6.39. The van der Waals surface area contributed by atoms with Gasteiger partial charge in [-0.15, -0.1) is 0 Å². The molecule has 19 heavy (non-hydrogen) atoms. The number of nitro groups is 1. The van der Waals surface area contributed by atoms with Crippen molar-refractivity contribution in [1.82, 2.24) is 14.7 Å². The van der Waals surface area contributed by atoms with Crippen molar-refractivity contribution in [2.75, 3.05) is 13.1 Å². The maximum Gasteiger partial charge on any atom is 0.322 e. The lowest BCUT2D eigenvalue weighted by molar-refractivity contribution is -0.385. The third-order valence-electron chi connectivity index (χ3n) is 3.63. The number of aryl methyl sites for hydroxylation is 1. The molecule has 1 amide bonds. The Kier molecular flexibility index (Phi) is 3.55. The zero-order valence-corrected chi connectivity index (χ0v) is 11.4. The van der Waals surface area contributed by atoms with Crippen LogP contribution in [0.5, 0.6) is 0 Å². The van der Waals surface area contributed by atoms with Crippen molar-refractivity contribution in [3.8, 4) is 0 Å². The molecule has 7 heteroatoms. The second-order valence-electron chi connectivity index (χ2n) is 5.16. The Morgan fingerprint density at radius 3 is 2.79 bits per heavy atom. The van der Waals surface area contributed by atoms with E-state index in [2.05, 4.69) is 12.0 Å². The molecule has 1 atom stereocenters. The average Bonchev–Trinajstić information content (AvgIpc) is 2.65. The second-order valence-corrected chi connectivity index (χ2v) is 5.16. The van der Waals surface area contributed by atoms with E-state index in [1.165, 1.54) is 4.68 Å². The van der Waals surface area contributed by atoms with E-state index in [4.69, 9.17) is 0 Å². The lowest BCUT2D eigenvalue weighted by Gasteiger charge is -2.30. The third-order valence-corrected chi connectivity index (χ3v) is 3.63. The molecule has 1 saturated heterocycles. The average molecular weight is 266 g/mol. The van der Waals surface area contributed by atoms with Crippen LogP contribution in [-0.4, -0.2) is 38.6 Å². The first-order chi connectivity index (χ1) is 8.91. The molecule has 0 N–H and O–H groups in total. The van der Waals surface area contributed by atoms with Crippen LogP contribution in [-0.2, 0) is 7.05 Å². The Morgan fingerprint density at radius 2 is 2.21 bits per heavy atom. The van der Waals surface area contributed by atoms with Gasteiger partial charge in [-0.3, -0.25) is 19.6 Å². The van der Waals surface area contributed by atoms with Crippen LogP contribution in [0.25, 0.3) is 0 Å². The fraction of sp³-hybridized carbons (Fsp3) is 0.667. The number of rotatable bonds is 2. The van der Waals surface area contributed by atoms with Crippen LogP contribution in [0.2, 0.25) is 0 Å². The standard InChI is InChI=1S/C12H18N4O3/c1-8-5-4-6-15(7-8)12(17)10-11(16(18)19)9(2)14(3)13-10/h8H,4-7H2,1-3H3. The highest BCUT2D eigenvalue weighted by atomic mass is 16.6. The van der Waals surface area contributed by atoms with E-state index >= 15 is 0 Å². The summed E-state index contributed by atoms with van der Waals surface area (Å²) in [6.07, 6.45) is 2.03. The molecule has 1 aliphatic rings. The highest BCUT2D eigenvalue weighted by molar-refractivity contribution is 5.96. The molecule has 0 saturated carbocycles. The molecule has 0 spiro atoms. The molecule has 1 aromatic rings. The van der Waals surface area contributed by atoms with Gasteiger partial charge in [0, 0.05) is 20.1 Å². The van der Waals surface area contributed by atoms with Crippen LogP contribution in [0.1, 0.15) is 35.9 Å². The Morgan fingerprint density at radius 1 is 1.53 bits per heavy atom. The zero-order chi connectivity index (χ0) is 14.2. The van der Waals surface area contributed by atoms with Gasteiger partial charge in [0.05, 0.1) is 4.92 Å². The monoisotopic (exact) mass is 266 g/mol. The first-order valence-corrected chi connectivity index (χ1v) is 6.39. The molecule has 0 aliphatic carbocycles. The van der Waals surface area contributed by atoms with Crippen molar-refractivity contribution in [2.45, 2.75) is 26.7 Å². The number of likely N-dealkylation sites (tertiary alicyclic amines) is 1. The lowest BCUT2D eigenvalue weighted by Crippen LogP contribution is -2.39. The Balaban J connectivity index is 2.33. The molecule has 1 fully saturated rings. The number of amides is 1. The molecule has 0 bridgehead atoms. The van der Waals surface area contributed by atoms with Gasteiger partial charge in [-0.25, -0.2) is 0 Å². The molecular weight excluding hydrogens is 248 g/mol. The van der Waals surface area contributed by atoms with Crippen molar-refractivity contribution >= 4 is 11.6 Å². The first kappa shape index (κ1) is 13.5. The molecule has 1 aromatic heterocycles. The largest absolute Gasteiger partial charge is 0.337 e. The minimum absolute atomic E-state index is 0.0425. The summed E-state index contributed by atoms with van der Waals surface area (Å²) in [5.41, 5.74) is 0.184. The van der Waals surface area contributed by atoms with E-state index in [0.29, 0.717) is 24.7 Å². The van der Waals surface area contributed by atoms with E-state index < -0.39 is 4.92 Å². The van der Waals surface area contributed by atoms with Crippen LogP contribution < -0.4 is 0 Å². The predicted molar refractivity (Wildman–Crippen MR) is 68.9 cm³/mol. The van der Waals surface area contributed by atoms with E-state index in [1.807, 2.05) is 0 Å². The zero-order valence-electron chi connectivity index (χ0n) is 11.4. The molecule has 2 rings (SSSR count). The normalized spacial score (nSPS) is 19.5. The van der Waals surface area contributed by atoms with Gasteiger partial charge in [-0.1, -0.05) is 6.92 Å². The van der Waals surface area contributed by atoms with Gasteiger partial charge in [0.1, 0.15) is 5.69 Å². The van der Waals surface area contributed by atoms with Crippen LogP contribution >= 0.6 is 0 Å². The topological polar surface area (TPSA) is 81.3 Å². The summed E-state index contributed by atoms with van der Waals surface area (Å²) < 4.78 is 1.39. The maximum atomic E-state index is 12.4. The summed E-state index contributed by atoms with van der Waals surface area (Å²) in [7, 11) is 1.61. The lowest BCUT2D eigenvalue weighted by atomic mass is 10.00. The van der Waals surface area contributed by atoms with E-state index in [9.17, 15) is 14.9 Å². The van der Waals surface area contributed by atoms with Gasteiger partial charge in [-0.05, 0) is 25.7 Å². The molecule has 1 unspecified atom stereocenters. The molecule has 7 nitrogen and oxygen atoms in total. The number of carbonyl (C=O) groups excluding carboxylic acids is 1. The summed E-state index contributed by atoms with van der Waals surface area (Å²) in [4.78, 5) is 24.6. The summed E-state index contributed by atoms with van der Waals surface area (Å²) in [5.74, 6) is 0.100. The minimum Gasteiger partial charge on any atom is -0.337 e. The summed E-state index contributed by atoms with van der Waals surface area (Å²) >= 11 is 0. The smallest absolute Gasteiger partial charge is 0.322 e. The number of carbonyl (C=O) groups is 1. The number of hydrogen-bond acceptors (Lipinski definition) is 4. The van der Waals surface area contributed by atoms with E-state index in [0.717, 1.165) is 12.8 Å². The Bertz CT molecular complexity index is 523. The van der Waals surface area contributed by atoms with E-state index in [-0.39, 0.29) is 17.3 Å². The van der Waals surface area contributed by atoms with Gasteiger partial charge in [0.15, 0.2) is 0 Å². The van der Waals surface area contributed by atoms with Gasteiger partial charge in [0.2, 0.25) is 5.69 Å². The third kappa shape index (κ3) is 2.45. The maximum absolute atomic E-state index is 12.4. The van der Waals surface area contributed by atoms with Crippen molar-refractivity contribution in [3.63, 3.8) is 0 Å². The van der Waals surface area contributed by atoms with Crippen molar-refractivity contribution in [3.05, 3.63) is 21.5 Å². The number of piperidine rings is 1. The fourth-order valence-electron chi connectivity index (χ4n) is 2.48. The molecule has 0 radical (unpaired) electrons. The van der Waals surface area contributed by atoms with Crippen LogP contribution in [0.15, 0.2) is 0 Å². The fourth-order valence-corrected chi connectivity index (χ4v) is 2.48. The predicted octanol–water partition coefficient (Wildman–Crippen LogP) is 1.51. The molecule has 0 aromatic carbocycles. The Labute approximate surface area is 111 Å². The number of nitrogens with zero attached hydrogens (tertiary/aromatic N) is 4. The van der Waals surface area contributed by atoms with Gasteiger partial charge >= 0.3 is 5.69 Å². The Hall–Kier alpha value is -1.92. The summed E-state index contributed by atoms with van der Waals surface area (Å²) in [5, 5.41) is 15.1. The van der Waals surface area contributed by atoms with Crippen LogP contribution in [0.4, 0.5) is 5.69 Å². The molecule has 2 heterocycles. The van der Waals surface area contributed by atoms with Gasteiger partial charge < -0.3 is 4.90 Å². The van der Waals surface area contributed by atoms with E-state index in [1.54, 1.807) is 18.9 Å². The minimum atomic E-state index is -0.525. The van der Waals surface area contributed by atoms with Gasteiger partial charge in [0.25, 0.3) is 5.91 Å². The highest BCUT2D eigenvalue weighted by Gasteiger charge is 2.33. The molecule has 104 valence electrons. The number of hydrogen-bond donors (Lipinski definition) is 0. The van der Waals surface area contributed by atoms with Crippen LogP contribution in [0.3, 0.4) is 0 Å². The van der Waals surface area contributed by atoms with Crippen molar-refractivity contribution in [2.24, 2.45) is 13.0 Å². The highest BCUT2D eigenvalue weighted by Crippen LogP contribution is 2.25. The number of aromatic nitrogens is 2. The summed E-state index contributed by atoms with van der Waals surface area (Å²) in [6.45, 7) is 4.97. The quantitative estimate of drug-likeness (QED) is 0.600. The van der Waals surface area contributed by atoms with Gasteiger partial charge in [-0.2, -0.15) is 5.10 Å².